The lowest BCUT2D eigenvalue weighted by atomic mass is 9.89. The summed E-state index contributed by atoms with van der Waals surface area (Å²) in [4.78, 5) is 6.86. The average Bonchev–Trinajstić information content (AvgIpc) is 3.11. The standard InChI is InChI=1S/C19H18N2O4/c1-22-16-6-12-13(7-17(16)23-2)20-9-21-14(12)4-3-11-5-18-19(8-15(11)21)25-10-24-18/h5-9,14H,3-4,10H2,1-2H3. The van der Waals surface area contributed by atoms with E-state index in [0.717, 1.165) is 47.0 Å². The van der Waals surface area contributed by atoms with Gasteiger partial charge in [-0.15, -0.1) is 0 Å². The third-order valence-corrected chi connectivity index (χ3v) is 5.09. The van der Waals surface area contributed by atoms with E-state index in [1.54, 1.807) is 14.2 Å². The van der Waals surface area contributed by atoms with Crippen LogP contribution in [0.4, 0.5) is 11.4 Å². The molecule has 2 aromatic rings. The minimum absolute atomic E-state index is 0.222. The second kappa shape index (κ2) is 5.31. The molecule has 1 atom stereocenters. The molecule has 2 aromatic carbocycles. The Balaban J connectivity index is 1.61. The minimum Gasteiger partial charge on any atom is -0.493 e. The van der Waals surface area contributed by atoms with Gasteiger partial charge in [0.15, 0.2) is 23.0 Å². The molecule has 0 N–H and O–H groups in total. The number of aliphatic imine (C=N–C) groups is 1. The molecule has 0 saturated carbocycles. The molecule has 0 aliphatic carbocycles. The van der Waals surface area contributed by atoms with E-state index in [-0.39, 0.29) is 12.8 Å². The third-order valence-electron chi connectivity index (χ3n) is 5.09. The van der Waals surface area contributed by atoms with Gasteiger partial charge in [0.1, 0.15) is 0 Å². The summed E-state index contributed by atoms with van der Waals surface area (Å²) in [7, 11) is 3.30. The fraction of sp³-hybridized carbons (Fsp3) is 0.316. The summed E-state index contributed by atoms with van der Waals surface area (Å²) in [6.07, 6.45) is 3.88. The quantitative estimate of drug-likeness (QED) is 0.837. The topological polar surface area (TPSA) is 52.5 Å². The maximum absolute atomic E-state index is 5.55. The van der Waals surface area contributed by atoms with Crippen molar-refractivity contribution in [1.29, 1.82) is 0 Å². The number of hydrogen-bond acceptors (Lipinski definition) is 6. The Morgan fingerprint density at radius 3 is 2.60 bits per heavy atom. The summed E-state index contributed by atoms with van der Waals surface area (Å²) in [5.74, 6) is 3.06. The molecule has 0 amide bonds. The average molecular weight is 338 g/mol. The molecule has 0 radical (unpaired) electrons. The Kier molecular flexibility index (Phi) is 3.07. The maximum atomic E-state index is 5.55. The number of fused-ring (bicyclic) bond motifs is 6. The lowest BCUT2D eigenvalue weighted by molar-refractivity contribution is 0.174. The zero-order valence-electron chi connectivity index (χ0n) is 14.1. The van der Waals surface area contributed by atoms with Crippen LogP contribution in [-0.2, 0) is 6.42 Å². The fourth-order valence-electron chi connectivity index (χ4n) is 3.85. The van der Waals surface area contributed by atoms with Gasteiger partial charge in [-0.25, -0.2) is 4.99 Å². The van der Waals surface area contributed by atoms with E-state index < -0.39 is 0 Å². The predicted molar refractivity (Wildman–Crippen MR) is 93.8 cm³/mol. The molecule has 3 heterocycles. The summed E-state index contributed by atoms with van der Waals surface area (Å²) in [6.45, 7) is 0.287. The Morgan fingerprint density at radius 2 is 1.80 bits per heavy atom. The molecule has 3 aliphatic heterocycles. The first-order valence-corrected chi connectivity index (χ1v) is 8.29. The van der Waals surface area contributed by atoms with Crippen molar-refractivity contribution < 1.29 is 18.9 Å². The van der Waals surface area contributed by atoms with Gasteiger partial charge < -0.3 is 23.8 Å². The van der Waals surface area contributed by atoms with Crippen LogP contribution in [-0.4, -0.2) is 27.4 Å². The zero-order valence-corrected chi connectivity index (χ0v) is 14.1. The number of benzene rings is 2. The highest BCUT2D eigenvalue weighted by molar-refractivity contribution is 5.89. The third kappa shape index (κ3) is 2.06. The van der Waals surface area contributed by atoms with Crippen molar-refractivity contribution >= 4 is 17.7 Å². The van der Waals surface area contributed by atoms with Crippen molar-refractivity contribution in [2.24, 2.45) is 4.99 Å². The van der Waals surface area contributed by atoms with Crippen LogP contribution in [0, 0.1) is 0 Å². The van der Waals surface area contributed by atoms with E-state index >= 15 is 0 Å². The number of ether oxygens (including phenoxy) is 4. The van der Waals surface area contributed by atoms with Crippen LogP contribution in [0.1, 0.15) is 23.6 Å². The fourth-order valence-corrected chi connectivity index (χ4v) is 3.85. The molecular weight excluding hydrogens is 320 g/mol. The van der Waals surface area contributed by atoms with Gasteiger partial charge in [0, 0.05) is 23.4 Å². The van der Waals surface area contributed by atoms with Crippen molar-refractivity contribution in [2.75, 3.05) is 25.9 Å². The van der Waals surface area contributed by atoms with Crippen LogP contribution in [0.3, 0.4) is 0 Å². The van der Waals surface area contributed by atoms with Crippen LogP contribution in [0.15, 0.2) is 29.3 Å². The maximum Gasteiger partial charge on any atom is 0.231 e. The molecule has 1 unspecified atom stereocenters. The smallest absolute Gasteiger partial charge is 0.231 e. The van der Waals surface area contributed by atoms with Gasteiger partial charge in [-0.05, 0) is 30.5 Å². The Bertz CT molecular complexity index is 893. The van der Waals surface area contributed by atoms with Crippen LogP contribution >= 0.6 is 0 Å². The van der Waals surface area contributed by atoms with Gasteiger partial charge in [-0.1, -0.05) is 0 Å². The summed E-state index contributed by atoms with van der Waals surface area (Å²) in [6, 6.07) is 8.35. The number of anilines is 1. The lowest BCUT2D eigenvalue weighted by Crippen LogP contribution is -2.33. The first-order valence-electron chi connectivity index (χ1n) is 8.29. The molecule has 128 valence electrons. The van der Waals surface area contributed by atoms with Crippen molar-refractivity contribution in [2.45, 2.75) is 18.9 Å². The second-order valence-corrected chi connectivity index (χ2v) is 6.31. The van der Waals surface area contributed by atoms with E-state index in [1.807, 2.05) is 18.5 Å². The Morgan fingerprint density at radius 1 is 1.04 bits per heavy atom. The number of rotatable bonds is 2. The van der Waals surface area contributed by atoms with Crippen molar-refractivity contribution in [3.8, 4) is 23.0 Å². The Hall–Kier alpha value is -2.89. The highest BCUT2D eigenvalue weighted by Crippen LogP contribution is 2.49. The molecule has 6 heteroatoms. The zero-order chi connectivity index (χ0) is 17.0. The van der Waals surface area contributed by atoms with E-state index in [1.165, 1.54) is 5.56 Å². The molecular formula is C19H18N2O4. The number of hydrogen-bond donors (Lipinski definition) is 0. The lowest BCUT2D eigenvalue weighted by Gasteiger charge is -2.39. The van der Waals surface area contributed by atoms with Gasteiger partial charge in [-0.2, -0.15) is 0 Å². The van der Waals surface area contributed by atoms with Gasteiger partial charge in [0.2, 0.25) is 6.79 Å². The summed E-state index contributed by atoms with van der Waals surface area (Å²) in [5, 5.41) is 0. The van der Waals surface area contributed by atoms with Gasteiger partial charge in [0.25, 0.3) is 0 Å². The van der Waals surface area contributed by atoms with Crippen LogP contribution in [0.5, 0.6) is 23.0 Å². The number of aryl methyl sites for hydroxylation is 1. The molecule has 5 rings (SSSR count). The molecule has 0 aromatic heterocycles. The van der Waals surface area contributed by atoms with Gasteiger partial charge in [0.05, 0.1) is 32.3 Å². The monoisotopic (exact) mass is 338 g/mol. The summed E-state index contributed by atoms with van der Waals surface area (Å²) in [5.41, 5.74) is 4.48. The SMILES string of the molecule is COc1cc2c(cc1OC)C1CCc3cc4c(cc3N1C=N2)OCO4. The first-order chi connectivity index (χ1) is 12.3. The largest absolute Gasteiger partial charge is 0.493 e. The first kappa shape index (κ1) is 14.5. The second-order valence-electron chi connectivity index (χ2n) is 6.31. The molecule has 25 heavy (non-hydrogen) atoms. The van der Waals surface area contributed by atoms with Gasteiger partial charge in [-0.3, -0.25) is 0 Å². The Labute approximate surface area is 145 Å². The van der Waals surface area contributed by atoms with Crippen molar-refractivity contribution in [3.05, 3.63) is 35.4 Å². The molecule has 0 fully saturated rings. The minimum atomic E-state index is 0.222. The van der Waals surface area contributed by atoms with E-state index in [4.69, 9.17) is 18.9 Å². The van der Waals surface area contributed by atoms with Crippen LogP contribution in [0.2, 0.25) is 0 Å². The summed E-state index contributed by atoms with van der Waals surface area (Å²) < 4.78 is 21.9. The van der Waals surface area contributed by atoms with Gasteiger partial charge >= 0.3 is 0 Å². The van der Waals surface area contributed by atoms with Crippen molar-refractivity contribution in [3.63, 3.8) is 0 Å². The highest BCUT2D eigenvalue weighted by Gasteiger charge is 2.33. The van der Waals surface area contributed by atoms with E-state index in [2.05, 4.69) is 22.0 Å². The van der Waals surface area contributed by atoms with Crippen molar-refractivity contribution in [1.82, 2.24) is 0 Å². The predicted octanol–water partition coefficient (Wildman–Crippen LogP) is 3.60. The molecule has 0 bridgehead atoms. The molecule has 6 nitrogen and oxygen atoms in total. The molecule has 3 aliphatic rings. The molecule has 0 spiro atoms. The van der Waals surface area contributed by atoms with Crippen LogP contribution < -0.4 is 23.8 Å². The van der Waals surface area contributed by atoms with E-state index in [0.29, 0.717) is 5.75 Å². The molecule has 0 saturated heterocycles. The highest BCUT2D eigenvalue weighted by atomic mass is 16.7. The summed E-state index contributed by atoms with van der Waals surface area (Å²) >= 11 is 0. The normalized spacial score (nSPS) is 19.1. The van der Waals surface area contributed by atoms with E-state index in [9.17, 15) is 0 Å². The number of nitrogens with zero attached hydrogens (tertiary/aromatic N) is 2. The number of methoxy groups -OCH3 is 2. The van der Waals surface area contributed by atoms with Crippen LogP contribution in [0.25, 0.3) is 0 Å².